The Morgan fingerprint density at radius 3 is 2.21 bits per heavy atom. The first-order chi connectivity index (χ1) is 16.1. The van der Waals surface area contributed by atoms with Gasteiger partial charge in [0, 0.05) is 11.8 Å². The summed E-state index contributed by atoms with van der Waals surface area (Å²) in [5, 5.41) is 32.8. The molecule has 2 heterocycles. The standard InChI is InChI=1S/C26H49NO7/c1-6-19-20(28)25(31-14-26(19,5)30)34-23-17(4)13-16(3)22(21(23)29)33-24-15(2)10-11-18(32-24)9-7-8-12-27/h15-25,28-30H,6-14,27H2,1-5H3/t15-,16+,17-,18-,19-,20-,21+,22?,23?,24?,25?,26+/m1/s1. The van der Waals surface area contributed by atoms with E-state index in [1.165, 1.54) is 0 Å². The molecule has 5 N–H and O–H groups in total. The summed E-state index contributed by atoms with van der Waals surface area (Å²) < 4.78 is 24.7. The van der Waals surface area contributed by atoms with Gasteiger partial charge in [-0.3, -0.25) is 0 Å². The average molecular weight is 488 g/mol. The Morgan fingerprint density at radius 2 is 1.59 bits per heavy atom. The lowest BCUT2D eigenvalue weighted by Crippen LogP contribution is -2.60. The molecule has 34 heavy (non-hydrogen) atoms. The molecule has 0 amide bonds. The van der Waals surface area contributed by atoms with E-state index >= 15 is 0 Å². The predicted molar refractivity (Wildman–Crippen MR) is 129 cm³/mol. The normalized spacial score (nSPS) is 48.1. The van der Waals surface area contributed by atoms with Gasteiger partial charge in [0.15, 0.2) is 12.6 Å². The van der Waals surface area contributed by atoms with Crippen LogP contribution in [0.1, 0.15) is 79.6 Å². The fraction of sp³-hybridized carbons (Fsp3) is 1.00. The van der Waals surface area contributed by atoms with Gasteiger partial charge in [-0.15, -0.1) is 0 Å². The topological polar surface area (TPSA) is 124 Å². The fourth-order valence-electron chi connectivity index (χ4n) is 6.14. The second-order valence-corrected chi connectivity index (χ2v) is 11.4. The minimum Gasteiger partial charge on any atom is -0.388 e. The summed E-state index contributed by atoms with van der Waals surface area (Å²) in [5.41, 5.74) is 4.52. The molecule has 0 aromatic rings. The summed E-state index contributed by atoms with van der Waals surface area (Å²) in [6, 6.07) is 0. The molecule has 8 nitrogen and oxygen atoms in total. The van der Waals surface area contributed by atoms with Gasteiger partial charge < -0.3 is 40.0 Å². The monoisotopic (exact) mass is 487 g/mol. The molecular formula is C26H49NO7. The molecule has 3 fully saturated rings. The predicted octanol–water partition coefficient (Wildman–Crippen LogP) is 2.56. The molecule has 4 unspecified atom stereocenters. The highest BCUT2D eigenvalue weighted by Gasteiger charge is 2.50. The molecule has 8 heteroatoms. The highest BCUT2D eigenvalue weighted by Crippen LogP contribution is 2.39. The van der Waals surface area contributed by atoms with Crippen LogP contribution in [0.4, 0.5) is 0 Å². The van der Waals surface area contributed by atoms with E-state index in [0.717, 1.165) is 38.5 Å². The summed E-state index contributed by atoms with van der Waals surface area (Å²) in [6.45, 7) is 10.7. The molecule has 0 aromatic carbocycles. The van der Waals surface area contributed by atoms with Crippen molar-refractivity contribution in [1.29, 1.82) is 0 Å². The molecule has 200 valence electrons. The van der Waals surface area contributed by atoms with Crippen molar-refractivity contribution in [3.63, 3.8) is 0 Å². The van der Waals surface area contributed by atoms with Gasteiger partial charge in [-0.2, -0.15) is 0 Å². The van der Waals surface area contributed by atoms with E-state index in [1.807, 2.05) is 6.92 Å². The van der Waals surface area contributed by atoms with Crippen molar-refractivity contribution in [3.8, 4) is 0 Å². The van der Waals surface area contributed by atoms with Crippen molar-refractivity contribution >= 4 is 0 Å². The summed E-state index contributed by atoms with van der Waals surface area (Å²) in [7, 11) is 0. The Labute approximate surface area is 205 Å². The Morgan fingerprint density at radius 1 is 0.941 bits per heavy atom. The Balaban J connectivity index is 1.64. The number of hydrogen-bond donors (Lipinski definition) is 4. The number of rotatable bonds is 9. The van der Waals surface area contributed by atoms with Gasteiger partial charge in [0.25, 0.3) is 0 Å². The van der Waals surface area contributed by atoms with Gasteiger partial charge in [0.05, 0.1) is 30.5 Å². The van der Waals surface area contributed by atoms with E-state index in [2.05, 4.69) is 20.8 Å². The van der Waals surface area contributed by atoms with E-state index < -0.39 is 36.3 Å². The first kappa shape index (κ1) is 28.3. The van der Waals surface area contributed by atoms with Gasteiger partial charge in [-0.05, 0) is 70.3 Å². The lowest BCUT2D eigenvalue weighted by Gasteiger charge is -2.48. The number of aliphatic hydroxyl groups is 3. The fourth-order valence-corrected chi connectivity index (χ4v) is 6.14. The quantitative estimate of drug-likeness (QED) is 0.366. The van der Waals surface area contributed by atoms with Crippen molar-refractivity contribution in [2.75, 3.05) is 13.2 Å². The van der Waals surface area contributed by atoms with Crippen LogP contribution in [0.3, 0.4) is 0 Å². The van der Waals surface area contributed by atoms with E-state index in [1.54, 1.807) is 6.92 Å². The number of unbranched alkanes of at least 4 members (excludes halogenated alkanes) is 1. The Hall–Kier alpha value is -0.320. The van der Waals surface area contributed by atoms with Gasteiger partial charge in [-0.1, -0.05) is 27.7 Å². The number of ether oxygens (including phenoxy) is 4. The summed E-state index contributed by atoms with van der Waals surface area (Å²) in [6.07, 6.45) is 2.62. The minimum absolute atomic E-state index is 0.0665. The minimum atomic E-state index is -1.11. The maximum Gasteiger partial charge on any atom is 0.184 e. The van der Waals surface area contributed by atoms with Crippen LogP contribution in [-0.4, -0.2) is 77.2 Å². The molecule has 0 radical (unpaired) electrons. The highest BCUT2D eigenvalue weighted by atomic mass is 16.7. The van der Waals surface area contributed by atoms with E-state index in [-0.39, 0.29) is 42.7 Å². The zero-order chi connectivity index (χ0) is 25.0. The summed E-state index contributed by atoms with van der Waals surface area (Å²) in [4.78, 5) is 0. The van der Waals surface area contributed by atoms with Crippen LogP contribution in [0.2, 0.25) is 0 Å². The van der Waals surface area contributed by atoms with Crippen molar-refractivity contribution in [1.82, 2.24) is 0 Å². The molecule has 12 atom stereocenters. The van der Waals surface area contributed by atoms with Crippen LogP contribution in [0.25, 0.3) is 0 Å². The number of aliphatic hydroxyl groups excluding tert-OH is 2. The van der Waals surface area contributed by atoms with Crippen LogP contribution >= 0.6 is 0 Å². The third-order valence-corrected chi connectivity index (χ3v) is 8.31. The van der Waals surface area contributed by atoms with Crippen molar-refractivity contribution in [2.45, 2.75) is 128 Å². The zero-order valence-electron chi connectivity index (χ0n) is 21.8. The summed E-state index contributed by atoms with van der Waals surface area (Å²) in [5.74, 6) is 0.0948. The van der Waals surface area contributed by atoms with Crippen molar-refractivity contribution in [3.05, 3.63) is 0 Å². The van der Waals surface area contributed by atoms with E-state index in [4.69, 9.17) is 24.7 Å². The van der Waals surface area contributed by atoms with Crippen LogP contribution in [0.15, 0.2) is 0 Å². The average Bonchev–Trinajstić information content (AvgIpc) is 2.77. The van der Waals surface area contributed by atoms with Crippen LogP contribution < -0.4 is 5.73 Å². The largest absolute Gasteiger partial charge is 0.388 e. The number of hydrogen-bond acceptors (Lipinski definition) is 8. The smallest absolute Gasteiger partial charge is 0.184 e. The maximum atomic E-state index is 11.4. The molecule has 2 aliphatic heterocycles. The third kappa shape index (κ3) is 6.51. The Bertz CT molecular complexity index is 620. The molecule has 2 saturated heterocycles. The van der Waals surface area contributed by atoms with Gasteiger partial charge in [-0.25, -0.2) is 0 Å². The molecular weight excluding hydrogens is 438 g/mol. The second kappa shape index (κ2) is 12.3. The number of nitrogens with two attached hydrogens (primary N) is 1. The van der Waals surface area contributed by atoms with Crippen LogP contribution in [0, 0.1) is 23.7 Å². The SMILES string of the molecule is CC[C@@H]1[C@@H](O)C(OC2[C@@H](O)C(OC3O[C@H](CCCCN)CC[C@H]3C)[C@@H](C)C[C@H]2C)OC[C@]1(C)O. The van der Waals surface area contributed by atoms with Crippen LogP contribution in [-0.2, 0) is 18.9 Å². The van der Waals surface area contributed by atoms with Gasteiger partial charge in [0.2, 0.25) is 0 Å². The lowest BCUT2D eigenvalue weighted by molar-refractivity contribution is -0.323. The third-order valence-electron chi connectivity index (χ3n) is 8.31. The first-order valence-electron chi connectivity index (χ1n) is 13.5. The molecule has 0 spiro atoms. The van der Waals surface area contributed by atoms with Crippen molar-refractivity contribution < 1.29 is 34.3 Å². The molecule has 3 rings (SSSR count). The molecule has 0 bridgehead atoms. The molecule has 3 aliphatic rings. The second-order valence-electron chi connectivity index (χ2n) is 11.4. The van der Waals surface area contributed by atoms with Crippen LogP contribution in [0.5, 0.6) is 0 Å². The zero-order valence-corrected chi connectivity index (χ0v) is 21.8. The molecule has 1 saturated carbocycles. The summed E-state index contributed by atoms with van der Waals surface area (Å²) >= 11 is 0. The van der Waals surface area contributed by atoms with Crippen molar-refractivity contribution in [2.24, 2.45) is 29.4 Å². The lowest BCUT2D eigenvalue weighted by atomic mass is 9.76. The van der Waals surface area contributed by atoms with Gasteiger partial charge >= 0.3 is 0 Å². The Kier molecular flexibility index (Phi) is 10.2. The van der Waals surface area contributed by atoms with E-state index in [0.29, 0.717) is 13.0 Å². The molecule has 1 aliphatic carbocycles. The van der Waals surface area contributed by atoms with Gasteiger partial charge in [0.1, 0.15) is 12.2 Å². The maximum absolute atomic E-state index is 11.4. The highest BCUT2D eigenvalue weighted by molar-refractivity contribution is 4.95. The van der Waals surface area contributed by atoms with E-state index in [9.17, 15) is 15.3 Å². The molecule has 0 aromatic heterocycles. The first-order valence-corrected chi connectivity index (χ1v) is 13.5.